The van der Waals surface area contributed by atoms with Crippen LogP contribution in [-0.2, 0) is 5.75 Å². The summed E-state index contributed by atoms with van der Waals surface area (Å²) in [5.41, 5.74) is 8.59. The van der Waals surface area contributed by atoms with Gasteiger partial charge in [0.2, 0.25) is 0 Å². The van der Waals surface area contributed by atoms with E-state index in [1.165, 1.54) is 17.8 Å². The number of aromatic nitrogens is 2. The molecule has 0 amide bonds. The molecule has 0 saturated carbocycles. The Morgan fingerprint density at radius 2 is 2.05 bits per heavy atom. The molecule has 0 unspecified atom stereocenters. The molecule has 7 heteroatoms. The molecular weight excluding hydrogens is 288 g/mol. The summed E-state index contributed by atoms with van der Waals surface area (Å²) in [5, 5.41) is 11.6. The minimum absolute atomic E-state index is 0.0577. The molecule has 6 nitrogen and oxygen atoms in total. The van der Waals surface area contributed by atoms with Gasteiger partial charge in [-0.2, -0.15) is 0 Å². The van der Waals surface area contributed by atoms with E-state index in [1.807, 2.05) is 24.3 Å². The zero-order chi connectivity index (χ0) is 14.8. The predicted octanol–water partition coefficient (Wildman–Crippen LogP) is 3.35. The molecule has 0 fully saturated rings. The SMILES string of the molecule is Nc1c(CSc2nc3ccccc3[nH]2)cccc1[N+](=O)[O-]. The van der Waals surface area contributed by atoms with Crippen LogP contribution in [0.1, 0.15) is 5.56 Å². The Hall–Kier alpha value is -2.54. The van der Waals surface area contributed by atoms with Gasteiger partial charge in [0.05, 0.1) is 16.0 Å². The highest BCUT2D eigenvalue weighted by Gasteiger charge is 2.14. The van der Waals surface area contributed by atoms with Crippen LogP contribution in [0.2, 0.25) is 0 Å². The molecule has 0 spiro atoms. The van der Waals surface area contributed by atoms with Crippen molar-refractivity contribution in [2.75, 3.05) is 5.73 Å². The number of thioether (sulfide) groups is 1. The third-order valence-corrected chi connectivity index (χ3v) is 4.02. The van der Waals surface area contributed by atoms with Crippen molar-refractivity contribution in [1.82, 2.24) is 9.97 Å². The number of nitrogens with zero attached hydrogens (tertiary/aromatic N) is 2. The number of rotatable bonds is 4. The number of para-hydroxylation sites is 3. The summed E-state index contributed by atoms with van der Waals surface area (Å²) in [6.45, 7) is 0. The van der Waals surface area contributed by atoms with Gasteiger partial charge in [-0.15, -0.1) is 0 Å². The first kappa shape index (κ1) is 13.4. The molecule has 0 atom stereocenters. The third kappa shape index (κ3) is 2.68. The van der Waals surface area contributed by atoms with Crippen molar-refractivity contribution >= 4 is 34.2 Å². The highest BCUT2D eigenvalue weighted by atomic mass is 32.2. The van der Waals surface area contributed by atoms with Crippen molar-refractivity contribution in [2.24, 2.45) is 0 Å². The number of fused-ring (bicyclic) bond motifs is 1. The number of hydrogen-bond acceptors (Lipinski definition) is 5. The van der Waals surface area contributed by atoms with Crippen LogP contribution in [0.25, 0.3) is 11.0 Å². The van der Waals surface area contributed by atoms with E-state index in [4.69, 9.17) is 5.73 Å². The van der Waals surface area contributed by atoms with Gasteiger partial charge in [-0.3, -0.25) is 10.1 Å². The molecular formula is C14H12N4O2S. The Labute approximate surface area is 124 Å². The summed E-state index contributed by atoms with van der Waals surface area (Å²) >= 11 is 1.46. The van der Waals surface area contributed by atoms with Crippen molar-refractivity contribution in [3.05, 3.63) is 58.1 Å². The maximum atomic E-state index is 10.9. The number of hydrogen-bond donors (Lipinski definition) is 2. The number of nitro benzene ring substituents is 1. The summed E-state index contributed by atoms with van der Waals surface area (Å²) < 4.78 is 0. The van der Waals surface area contributed by atoms with Gasteiger partial charge in [0.15, 0.2) is 5.16 Å². The minimum Gasteiger partial charge on any atom is -0.393 e. The summed E-state index contributed by atoms with van der Waals surface area (Å²) in [7, 11) is 0. The van der Waals surface area contributed by atoms with Gasteiger partial charge in [-0.25, -0.2) is 4.98 Å². The molecule has 106 valence electrons. The second kappa shape index (κ2) is 5.45. The van der Waals surface area contributed by atoms with Crippen LogP contribution < -0.4 is 5.73 Å². The number of nitro groups is 1. The van der Waals surface area contributed by atoms with E-state index in [9.17, 15) is 10.1 Å². The van der Waals surface area contributed by atoms with Gasteiger partial charge < -0.3 is 10.7 Å². The quantitative estimate of drug-likeness (QED) is 0.333. The molecule has 0 aliphatic heterocycles. The topological polar surface area (TPSA) is 97.8 Å². The molecule has 0 saturated heterocycles. The normalized spacial score (nSPS) is 10.9. The lowest BCUT2D eigenvalue weighted by Gasteiger charge is -2.04. The highest BCUT2D eigenvalue weighted by molar-refractivity contribution is 7.98. The van der Waals surface area contributed by atoms with E-state index in [1.54, 1.807) is 12.1 Å². The van der Waals surface area contributed by atoms with Crippen molar-refractivity contribution in [3.63, 3.8) is 0 Å². The summed E-state index contributed by atoms with van der Waals surface area (Å²) in [6, 6.07) is 12.6. The molecule has 3 N–H and O–H groups in total. The number of H-pyrrole nitrogens is 1. The summed E-state index contributed by atoms with van der Waals surface area (Å²) in [4.78, 5) is 18.0. The Morgan fingerprint density at radius 3 is 2.81 bits per heavy atom. The van der Waals surface area contributed by atoms with Crippen LogP contribution in [-0.4, -0.2) is 14.9 Å². The first-order valence-electron chi connectivity index (χ1n) is 6.24. The van der Waals surface area contributed by atoms with Gasteiger partial charge in [-0.1, -0.05) is 36.0 Å². The van der Waals surface area contributed by atoms with Gasteiger partial charge in [0.1, 0.15) is 5.69 Å². The van der Waals surface area contributed by atoms with Crippen LogP contribution in [0.5, 0.6) is 0 Å². The van der Waals surface area contributed by atoms with E-state index < -0.39 is 4.92 Å². The Morgan fingerprint density at radius 1 is 1.24 bits per heavy atom. The van der Waals surface area contributed by atoms with Gasteiger partial charge in [0.25, 0.3) is 5.69 Å². The van der Waals surface area contributed by atoms with E-state index in [-0.39, 0.29) is 11.4 Å². The van der Waals surface area contributed by atoms with Crippen LogP contribution in [0.4, 0.5) is 11.4 Å². The fourth-order valence-electron chi connectivity index (χ4n) is 2.03. The van der Waals surface area contributed by atoms with Crippen molar-refractivity contribution in [1.29, 1.82) is 0 Å². The maximum Gasteiger partial charge on any atom is 0.292 e. The fraction of sp³-hybridized carbons (Fsp3) is 0.0714. The second-order valence-corrected chi connectivity index (χ2v) is 5.42. The lowest BCUT2D eigenvalue weighted by atomic mass is 10.2. The first-order chi connectivity index (χ1) is 10.1. The number of anilines is 1. The van der Waals surface area contributed by atoms with Crippen molar-refractivity contribution < 1.29 is 4.92 Å². The molecule has 0 bridgehead atoms. The fourth-order valence-corrected chi connectivity index (χ4v) is 2.92. The minimum atomic E-state index is -0.468. The van der Waals surface area contributed by atoms with Crippen LogP contribution in [0.3, 0.4) is 0 Å². The smallest absolute Gasteiger partial charge is 0.292 e. The van der Waals surface area contributed by atoms with E-state index in [2.05, 4.69) is 9.97 Å². The lowest BCUT2D eigenvalue weighted by Crippen LogP contribution is -1.99. The third-order valence-electron chi connectivity index (χ3n) is 3.10. The average molecular weight is 300 g/mol. The van der Waals surface area contributed by atoms with Gasteiger partial charge >= 0.3 is 0 Å². The van der Waals surface area contributed by atoms with Crippen LogP contribution in [0.15, 0.2) is 47.6 Å². The summed E-state index contributed by atoms with van der Waals surface area (Å²) in [5.74, 6) is 0.521. The number of benzene rings is 2. The molecule has 0 aliphatic carbocycles. The van der Waals surface area contributed by atoms with E-state index in [0.717, 1.165) is 21.8 Å². The highest BCUT2D eigenvalue weighted by Crippen LogP contribution is 2.30. The molecule has 1 aromatic heterocycles. The monoisotopic (exact) mass is 300 g/mol. The average Bonchev–Trinajstić information content (AvgIpc) is 2.88. The largest absolute Gasteiger partial charge is 0.393 e. The van der Waals surface area contributed by atoms with Crippen molar-refractivity contribution in [3.8, 4) is 0 Å². The molecule has 0 radical (unpaired) electrons. The van der Waals surface area contributed by atoms with E-state index in [0.29, 0.717) is 5.75 Å². The van der Waals surface area contributed by atoms with Crippen molar-refractivity contribution in [2.45, 2.75) is 10.9 Å². The number of nitrogen functional groups attached to an aromatic ring is 1. The lowest BCUT2D eigenvalue weighted by molar-refractivity contribution is -0.383. The predicted molar refractivity (Wildman–Crippen MR) is 83.2 cm³/mol. The van der Waals surface area contributed by atoms with E-state index >= 15 is 0 Å². The standard InChI is InChI=1S/C14H12N4O2S/c15-13-9(4-3-7-12(13)18(19)20)8-21-14-16-10-5-1-2-6-11(10)17-14/h1-7H,8,15H2,(H,16,17). The first-order valence-corrected chi connectivity index (χ1v) is 7.23. The van der Waals surface area contributed by atoms with Gasteiger partial charge in [0, 0.05) is 11.8 Å². The zero-order valence-electron chi connectivity index (χ0n) is 10.9. The molecule has 3 aromatic rings. The Bertz CT molecular complexity index is 783. The molecule has 3 rings (SSSR count). The summed E-state index contributed by atoms with van der Waals surface area (Å²) in [6.07, 6.45) is 0. The molecule has 0 aliphatic rings. The second-order valence-electron chi connectivity index (χ2n) is 4.45. The number of aromatic amines is 1. The van der Waals surface area contributed by atoms with Gasteiger partial charge in [-0.05, 0) is 17.7 Å². The molecule has 1 heterocycles. The van der Waals surface area contributed by atoms with Crippen LogP contribution >= 0.6 is 11.8 Å². The Kier molecular flexibility index (Phi) is 3.49. The number of imidazole rings is 1. The van der Waals surface area contributed by atoms with Crippen LogP contribution in [0, 0.1) is 10.1 Å². The number of nitrogens with two attached hydrogens (primary N) is 1. The molecule has 21 heavy (non-hydrogen) atoms. The molecule has 2 aromatic carbocycles. The maximum absolute atomic E-state index is 10.9. The zero-order valence-corrected chi connectivity index (χ0v) is 11.8. The Balaban J connectivity index is 1.81. The number of nitrogens with one attached hydrogen (secondary N) is 1.